The van der Waals surface area contributed by atoms with Gasteiger partial charge in [0.2, 0.25) is 0 Å². The molecule has 11 nitrogen and oxygen atoms in total. The SMILES string of the molecule is Cc1c(C(=O)N(C)c2ccc(O)cc2)cc(-c2cc3c(cc2C(=O)N2Cc4ccccc4C[C@H]2CN2CCOCC2)CN(C(=O)Oc2ccccc2)CC3)n1C. The average Bonchev–Trinajstić information content (AvgIpc) is 3.52. The number of aromatic nitrogens is 1. The highest BCUT2D eigenvalue weighted by atomic mass is 16.6. The number of phenols is 1. The molecular weight excluding hydrogens is 707 g/mol. The number of hydrogen-bond acceptors (Lipinski definition) is 7. The van der Waals surface area contributed by atoms with Gasteiger partial charge in [-0.15, -0.1) is 0 Å². The number of nitrogens with zero attached hydrogens (tertiary/aromatic N) is 5. The van der Waals surface area contributed by atoms with Gasteiger partial charge in [-0.05, 0) is 96.6 Å². The minimum atomic E-state index is -0.434. The Bertz CT molecular complexity index is 2260. The lowest BCUT2D eigenvalue weighted by Crippen LogP contribution is -2.52. The van der Waals surface area contributed by atoms with Gasteiger partial charge < -0.3 is 33.8 Å². The van der Waals surface area contributed by atoms with Crippen molar-refractivity contribution in [2.45, 2.75) is 38.9 Å². The fraction of sp³-hybridized carbons (Fsp3) is 0.311. The van der Waals surface area contributed by atoms with Gasteiger partial charge in [-0.25, -0.2) is 4.79 Å². The fourth-order valence-corrected chi connectivity index (χ4v) is 8.18. The molecular formula is C45H47N5O6. The smallest absolute Gasteiger partial charge is 0.415 e. The molecule has 1 fully saturated rings. The van der Waals surface area contributed by atoms with Crippen LogP contribution in [0.5, 0.6) is 11.5 Å². The number of amides is 3. The summed E-state index contributed by atoms with van der Waals surface area (Å²) in [5.74, 6) is 0.309. The van der Waals surface area contributed by atoms with Crippen LogP contribution in [0.1, 0.15) is 48.7 Å². The van der Waals surface area contributed by atoms with Gasteiger partial charge in [0.25, 0.3) is 11.8 Å². The second-order valence-corrected chi connectivity index (χ2v) is 15.0. The Morgan fingerprint density at radius 2 is 1.54 bits per heavy atom. The van der Waals surface area contributed by atoms with E-state index in [1.54, 1.807) is 53.2 Å². The van der Waals surface area contributed by atoms with Crippen molar-refractivity contribution in [3.63, 3.8) is 0 Å². The predicted octanol–water partition coefficient (Wildman–Crippen LogP) is 6.44. The van der Waals surface area contributed by atoms with Crippen LogP contribution in [0, 0.1) is 6.92 Å². The van der Waals surface area contributed by atoms with Crippen molar-refractivity contribution in [2.24, 2.45) is 7.05 Å². The Morgan fingerprint density at radius 1 is 0.821 bits per heavy atom. The molecule has 1 saturated heterocycles. The lowest BCUT2D eigenvalue weighted by molar-refractivity contribution is 0.0193. The van der Waals surface area contributed by atoms with Crippen molar-refractivity contribution in [2.75, 3.05) is 51.3 Å². The molecule has 288 valence electrons. The van der Waals surface area contributed by atoms with Crippen molar-refractivity contribution in [3.8, 4) is 22.8 Å². The molecule has 0 saturated carbocycles. The summed E-state index contributed by atoms with van der Waals surface area (Å²) in [5.41, 5.74) is 8.28. The molecule has 4 heterocycles. The summed E-state index contributed by atoms with van der Waals surface area (Å²) in [6.45, 7) is 6.86. The summed E-state index contributed by atoms with van der Waals surface area (Å²) in [4.78, 5) is 50.4. The molecule has 3 aliphatic heterocycles. The molecule has 8 rings (SSSR count). The number of aromatic hydroxyl groups is 1. The number of benzene rings is 4. The molecule has 1 N–H and O–H groups in total. The Hall–Kier alpha value is -5.91. The Kier molecular flexibility index (Phi) is 10.4. The number of ether oxygens (including phenoxy) is 2. The third-order valence-corrected chi connectivity index (χ3v) is 11.6. The Balaban J connectivity index is 1.19. The van der Waals surface area contributed by atoms with E-state index < -0.39 is 6.09 Å². The first kappa shape index (κ1) is 37.0. The summed E-state index contributed by atoms with van der Waals surface area (Å²) < 4.78 is 13.3. The molecule has 0 unspecified atom stereocenters. The van der Waals surface area contributed by atoms with Crippen LogP contribution in [0.4, 0.5) is 10.5 Å². The van der Waals surface area contributed by atoms with Gasteiger partial charge in [0.05, 0.1) is 18.8 Å². The summed E-state index contributed by atoms with van der Waals surface area (Å²) >= 11 is 0. The summed E-state index contributed by atoms with van der Waals surface area (Å²) in [5, 5.41) is 9.83. The highest BCUT2D eigenvalue weighted by Crippen LogP contribution is 2.36. The second kappa shape index (κ2) is 15.7. The standard InChI is InChI=1S/C45H47N5O6/c1-30-39(43(52)47(3)35-13-15-37(51)16-14-35)26-42(46(30)2)40-24-32-17-18-49(45(54)56-38-11-5-4-6-12-38)27-34(32)25-41(40)44(53)50-28-33-10-8-7-9-31(33)23-36(50)29-48-19-21-55-22-20-48/h4-16,24-26,36,51H,17-23,27-29H2,1-3H3/t36-/m0/s1. The Morgan fingerprint density at radius 3 is 2.29 bits per heavy atom. The van der Waals surface area contributed by atoms with Crippen LogP contribution >= 0.6 is 0 Å². The third-order valence-electron chi connectivity index (χ3n) is 11.6. The van der Waals surface area contributed by atoms with Gasteiger partial charge in [-0.1, -0.05) is 42.5 Å². The zero-order chi connectivity index (χ0) is 38.9. The fourth-order valence-electron chi connectivity index (χ4n) is 8.18. The van der Waals surface area contributed by atoms with Crippen molar-refractivity contribution < 1.29 is 29.0 Å². The molecule has 5 aromatic rings. The number of fused-ring (bicyclic) bond motifs is 2. The van der Waals surface area contributed by atoms with Crippen LogP contribution in [0.2, 0.25) is 0 Å². The molecule has 3 aliphatic rings. The van der Waals surface area contributed by atoms with Crippen LogP contribution in [-0.4, -0.2) is 94.8 Å². The molecule has 56 heavy (non-hydrogen) atoms. The molecule has 0 spiro atoms. The van der Waals surface area contributed by atoms with Crippen molar-refractivity contribution in [1.29, 1.82) is 0 Å². The van der Waals surface area contributed by atoms with Crippen molar-refractivity contribution in [3.05, 3.63) is 136 Å². The minimum Gasteiger partial charge on any atom is -0.508 e. The highest BCUT2D eigenvalue weighted by Gasteiger charge is 2.35. The summed E-state index contributed by atoms with van der Waals surface area (Å²) in [6.07, 6.45) is 0.886. The zero-order valence-electron chi connectivity index (χ0n) is 32.1. The van der Waals surface area contributed by atoms with E-state index >= 15 is 4.79 Å². The maximum atomic E-state index is 15.3. The molecule has 3 amide bonds. The van der Waals surface area contributed by atoms with Crippen LogP contribution in [0.15, 0.2) is 97.1 Å². The largest absolute Gasteiger partial charge is 0.508 e. The summed E-state index contributed by atoms with van der Waals surface area (Å²) in [6, 6.07) is 29.8. The first-order valence-corrected chi connectivity index (χ1v) is 19.2. The van der Waals surface area contributed by atoms with E-state index in [4.69, 9.17) is 9.47 Å². The van der Waals surface area contributed by atoms with E-state index in [1.807, 2.05) is 59.8 Å². The molecule has 0 aliphatic carbocycles. The van der Waals surface area contributed by atoms with Crippen LogP contribution < -0.4 is 9.64 Å². The molecule has 1 atom stereocenters. The molecule has 11 heteroatoms. The number of anilines is 1. The Labute approximate surface area is 327 Å². The zero-order valence-corrected chi connectivity index (χ0v) is 32.1. The van der Waals surface area contributed by atoms with Crippen LogP contribution in [0.3, 0.4) is 0 Å². The summed E-state index contributed by atoms with van der Waals surface area (Å²) in [7, 11) is 3.64. The number of carbonyl (C=O) groups is 3. The van der Waals surface area contributed by atoms with E-state index in [0.29, 0.717) is 61.8 Å². The quantitative estimate of drug-likeness (QED) is 0.204. The van der Waals surface area contributed by atoms with Gasteiger partial charge in [-0.3, -0.25) is 14.5 Å². The number of carbonyl (C=O) groups excluding carboxylic acids is 3. The van der Waals surface area contributed by atoms with E-state index in [0.717, 1.165) is 59.7 Å². The topological polar surface area (TPSA) is 108 Å². The van der Waals surface area contributed by atoms with E-state index in [-0.39, 0.29) is 23.6 Å². The third kappa shape index (κ3) is 7.39. The first-order valence-electron chi connectivity index (χ1n) is 19.2. The van der Waals surface area contributed by atoms with Gasteiger partial charge in [0.1, 0.15) is 11.5 Å². The van der Waals surface area contributed by atoms with Gasteiger partial charge in [0.15, 0.2) is 0 Å². The van der Waals surface area contributed by atoms with E-state index in [1.165, 1.54) is 5.56 Å². The van der Waals surface area contributed by atoms with Crippen molar-refractivity contribution >= 4 is 23.6 Å². The molecule has 0 radical (unpaired) electrons. The average molecular weight is 754 g/mol. The maximum absolute atomic E-state index is 15.3. The lowest BCUT2D eigenvalue weighted by Gasteiger charge is -2.41. The molecule has 4 aromatic carbocycles. The second-order valence-electron chi connectivity index (χ2n) is 15.0. The number of rotatable bonds is 7. The molecule has 1 aromatic heterocycles. The van der Waals surface area contributed by atoms with E-state index in [2.05, 4.69) is 29.2 Å². The first-order chi connectivity index (χ1) is 27.1. The number of morpholine rings is 1. The van der Waals surface area contributed by atoms with Gasteiger partial charge >= 0.3 is 6.09 Å². The van der Waals surface area contributed by atoms with Crippen LogP contribution in [0.25, 0.3) is 11.3 Å². The van der Waals surface area contributed by atoms with Gasteiger partial charge in [-0.2, -0.15) is 0 Å². The normalized spacial score (nSPS) is 16.9. The monoisotopic (exact) mass is 753 g/mol. The van der Waals surface area contributed by atoms with E-state index in [9.17, 15) is 14.7 Å². The number of hydrogen-bond donors (Lipinski definition) is 1. The number of para-hydroxylation sites is 1. The van der Waals surface area contributed by atoms with Crippen LogP contribution in [-0.2, 0) is 37.7 Å². The lowest BCUT2D eigenvalue weighted by atomic mass is 9.89. The van der Waals surface area contributed by atoms with Crippen molar-refractivity contribution in [1.82, 2.24) is 19.3 Å². The maximum Gasteiger partial charge on any atom is 0.415 e. The number of phenolic OH excluding ortho intramolecular Hbond substituents is 1. The predicted molar refractivity (Wildman–Crippen MR) is 214 cm³/mol. The van der Waals surface area contributed by atoms with Gasteiger partial charge in [0, 0.05) is 87.6 Å². The molecule has 0 bridgehead atoms. The highest BCUT2D eigenvalue weighted by molar-refractivity contribution is 6.08. The minimum absolute atomic E-state index is 0.0667.